The highest BCUT2D eigenvalue weighted by atomic mass is 79.9. The Morgan fingerprint density at radius 1 is 1.23 bits per heavy atom. The van der Waals surface area contributed by atoms with Crippen LogP contribution in [0.1, 0.15) is 0 Å². The van der Waals surface area contributed by atoms with Crippen LogP contribution in [0.25, 0.3) is 10.7 Å². The van der Waals surface area contributed by atoms with Gasteiger partial charge in [0.2, 0.25) is 4.73 Å². The SMILES string of the molecule is Brc1ccc(-c2nc(Br)ns2)nc1. The summed E-state index contributed by atoms with van der Waals surface area (Å²) in [6.07, 6.45) is 1.74. The van der Waals surface area contributed by atoms with Gasteiger partial charge in [-0.05, 0) is 55.5 Å². The molecule has 0 atom stereocenters. The third-order valence-corrected chi connectivity index (χ3v) is 3.14. The van der Waals surface area contributed by atoms with Crippen LogP contribution in [0.2, 0.25) is 0 Å². The zero-order valence-corrected chi connectivity index (χ0v) is 10.2. The Hall–Kier alpha value is -0.330. The van der Waals surface area contributed by atoms with Crippen molar-refractivity contribution >= 4 is 43.4 Å². The van der Waals surface area contributed by atoms with Gasteiger partial charge in [0.15, 0.2) is 5.01 Å². The van der Waals surface area contributed by atoms with Gasteiger partial charge in [0.05, 0.1) is 0 Å². The largest absolute Gasteiger partial charge is 0.252 e. The van der Waals surface area contributed by atoms with Crippen LogP contribution in [-0.4, -0.2) is 14.3 Å². The van der Waals surface area contributed by atoms with Gasteiger partial charge in [-0.2, -0.15) is 4.37 Å². The summed E-state index contributed by atoms with van der Waals surface area (Å²) < 4.78 is 5.58. The maximum atomic E-state index is 4.20. The van der Waals surface area contributed by atoms with Crippen molar-refractivity contribution in [2.75, 3.05) is 0 Å². The second kappa shape index (κ2) is 3.81. The van der Waals surface area contributed by atoms with Gasteiger partial charge in [0.25, 0.3) is 0 Å². The molecule has 0 spiro atoms. The molecule has 0 radical (unpaired) electrons. The lowest BCUT2D eigenvalue weighted by Gasteiger charge is -1.92. The van der Waals surface area contributed by atoms with E-state index in [-0.39, 0.29) is 0 Å². The predicted molar refractivity (Wildman–Crippen MR) is 58.5 cm³/mol. The Bertz CT molecular complexity index is 412. The van der Waals surface area contributed by atoms with Crippen molar-refractivity contribution in [1.29, 1.82) is 0 Å². The molecule has 0 saturated heterocycles. The van der Waals surface area contributed by atoms with Crippen molar-refractivity contribution < 1.29 is 0 Å². The topological polar surface area (TPSA) is 38.7 Å². The molecule has 0 amide bonds. The Balaban J connectivity index is 2.41. The number of pyridine rings is 1. The van der Waals surface area contributed by atoms with E-state index in [1.165, 1.54) is 11.5 Å². The standard InChI is InChI=1S/C7H3Br2N3S/c8-4-1-2-5(10-3-4)6-11-7(9)12-13-6/h1-3H. The summed E-state index contributed by atoms with van der Waals surface area (Å²) in [5.41, 5.74) is 0.839. The van der Waals surface area contributed by atoms with E-state index in [4.69, 9.17) is 0 Å². The fourth-order valence-corrected chi connectivity index (χ4v) is 2.10. The molecule has 0 unspecified atom stereocenters. The van der Waals surface area contributed by atoms with Crippen molar-refractivity contribution in [2.45, 2.75) is 0 Å². The first-order valence-electron chi connectivity index (χ1n) is 3.37. The molecule has 2 aromatic rings. The minimum Gasteiger partial charge on any atom is -0.252 e. The highest BCUT2D eigenvalue weighted by Crippen LogP contribution is 2.22. The maximum Gasteiger partial charge on any atom is 0.209 e. The summed E-state index contributed by atoms with van der Waals surface area (Å²) in [5.74, 6) is 0. The van der Waals surface area contributed by atoms with Crippen molar-refractivity contribution in [3.8, 4) is 10.7 Å². The van der Waals surface area contributed by atoms with Gasteiger partial charge in [0.1, 0.15) is 5.69 Å². The van der Waals surface area contributed by atoms with E-state index >= 15 is 0 Å². The molecule has 0 aliphatic heterocycles. The summed E-state index contributed by atoms with van der Waals surface area (Å²) in [6, 6.07) is 3.83. The molecule has 0 bridgehead atoms. The Morgan fingerprint density at radius 3 is 2.62 bits per heavy atom. The van der Waals surface area contributed by atoms with E-state index in [1.807, 2.05) is 12.1 Å². The third-order valence-electron chi connectivity index (χ3n) is 1.35. The minimum atomic E-state index is 0.609. The number of hydrogen-bond donors (Lipinski definition) is 0. The van der Waals surface area contributed by atoms with Crippen LogP contribution >= 0.6 is 43.4 Å². The molecule has 0 N–H and O–H groups in total. The second-order valence-corrected chi connectivity index (χ2v) is 4.61. The molecule has 0 saturated carbocycles. The first-order chi connectivity index (χ1) is 6.25. The summed E-state index contributed by atoms with van der Waals surface area (Å²) in [4.78, 5) is 8.36. The van der Waals surface area contributed by atoms with Crippen molar-refractivity contribution in [3.63, 3.8) is 0 Å². The van der Waals surface area contributed by atoms with E-state index in [1.54, 1.807) is 6.20 Å². The lowest BCUT2D eigenvalue weighted by molar-refractivity contribution is 1.23. The average Bonchev–Trinajstić information content (AvgIpc) is 2.53. The van der Waals surface area contributed by atoms with Crippen LogP contribution in [0.15, 0.2) is 27.5 Å². The minimum absolute atomic E-state index is 0.609. The van der Waals surface area contributed by atoms with E-state index in [9.17, 15) is 0 Å². The molecule has 2 aromatic heterocycles. The van der Waals surface area contributed by atoms with Crippen molar-refractivity contribution in [1.82, 2.24) is 14.3 Å². The predicted octanol–water partition coefficient (Wildman–Crippen LogP) is 3.13. The fraction of sp³-hybridized carbons (Fsp3) is 0. The van der Waals surface area contributed by atoms with Crippen molar-refractivity contribution in [2.24, 2.45) is 0 Å². The Labute approximate surface area is 95.7 Å². The average molecular weight is 321 g/mol. The zero-order valence-electron chi connectivity index (χ0n) is 6.24. The highest BCUT2D eigenvalue weighted by Gasteiger charge is 2.04. The van der Waals surface area contributed by atoms with Crippen molar-refractivity contribution in [3.05, 3.63) is 27.5 Å². The molecule has 66 valence electrons. The molecular weight excluding hydrogens is 318 g/mol. The third kappa shape index (κ3) is 2.12. The lowest BCUT2D eigenvalue weighted by Crippen LogP contribution is -1.80. The van der Waals surface area contributed by atoms with E-state index in [0.29, 0.717) is 4.73 Å². The van der Waals surface area contributed by atoms with Gasteiger partial charge in [-0.1, -0.05) is 0 Å². The number of halogens is 2. The summed E-state index contributed by atoms with van der Waals surface area (Å²) in [7, 11) is 0. The van der Waals surface area contributed by atoms with Crippen LogP contribution < -0.4 is 0 Å². The molecule has 0 aliphatic carbocycles. The van der Waals surface area contributed by atoms with Gasteiger partial charge in [0, 0.05) is 10.7 Å². The monoisotopic (exact) mass is 319 g/mol. The Morgan fingerprint density at radius 2 is 2.08 bits per heavy atom. The molecule has 13 heavy (non-hydrogen) atoms. The van der Waals surface area contributed by atoms with Crippen LogP contribution in [0.4, 0.5) is 0 Å². The fourth-order valence-electron chi connectivity index (χ4n) is 0.812. The van der Waals surface area contributed by atoms with Crippen LogP contribution in [-0.2, 0) is 0 Å². The van der Waals surface area contributed by atoms with Crippen LogP contribution in [0.5, 0.6) is 0 Å². The normalized spacial score (nSPS) is 10.3. The number of rotatable bonds is 1. The van der Waals surface area contributed by atoms with E-state index < -0.39 is 0 Å². The lowest BCUT2D eigenvalue weighted by atomic mass is 10.4. The van der Waals surface area contributed by atoms with Crippen LogP contribution in [0.3, 0.4) is 0 Å². The summed E-state index contributed by atoms with van der Waals surface area (Å²) in [6.45, 7) is 0. The maximum absolute atomic E-state index is 4.20. The van der Waals surface area contributed by atoms with Gasteiger partial charge in [-0.3, -0.25) is 4.98 Å². The van der Waals surface area contributed by atoms with E-state index in [2.05, 4.69) is 46.2 Å². The quantitative estimate of drug-likeness (QED) is 0.810. The Kier molecular flexibility index (Phi) is 2.71. The number of nitrogens with zero attached hydrogens (tertiary/aromatic N) is 3. The highest BCUT2D eigenvalue weighted by molar-refractivity contribution is 9.10. The first kappa shape index (κ1) is 9.23. The molecular formula is C7H3Br2N3S. The molecule has 2 rings (SSSR count). The molecule has 6 heteroatoms. The molecule has 0 fully saturated rings. The van der Waals surface area contributed by atoms with Gasteiger partial charge < -0.3 is 0 Å². The second-order valence-electron chi connectivity index (χ2n) is 2.23. The molecule has 2 heterocycles. The van der Waals surface area contributed by atoms with Gasteiger partial charge in [-0.25, -0.2) is 4.98 Å². The smallest absolute Gasteiger partial charge is 0.209 e. The summed E-state index contributed by atoms with van der Waals surface area (Å²) >= 11 is 7.84. The van der Waals surface area contributed by atoms with Crippen LogP contribution in [0, 0.1) is 0 Å². The molecule has 3 nitrogen and oxygen atoms in total. The number of aromatic nitrogens is 3. The summed E-state index contributed by atoms with van der Waals surface area (Å²) in [5, 5.41) is 0.819. The first-order valence-corrected chi connectivity index (χ1v) is 5.73. The molecule has 0 aromatic carbocycles. The van der Waals surface area contributed by atoms with E-state index in [0.717, 1.165) is 15.2 Å². The van der Waals surface area contributed by atoms with Gasteiger partial charge in [-0.15, -0.1) is 0 Å². The van der Waals surface area contributed by atoms with Gasteiger partial charge >= 0.3 is 0 Å². The zero-order chi connectivity index (χ0) is 9.26. The number of hydrogen-bond acceptors (Lipinski definition) is 4. The molecule has 0 aliphatic rings.